The highest BCUT2D eigenvalue weighted by atomic mass is 35.5. The number of rotatable bonds is 5. The van der Waals surface area contributed by atoms with Crippen molar-refractivity contribution in [3.8, 4) is 5.75 Å². The minimum Gasteiger partial charge on any atom is -0.435 e. The summed E-state index contributed by atoms with van der Waals surface area (Å²) in [7, 11) is 0. The fraction of sp³-hybridized carbons (Fsp3) is 0.300. The number of benzene rings is 2. The van der Waals surface area contributed by atoms with Gasteiger partial charge in [0.25, 0.3) is 5.91 Å². The van der Waals surface area contributed by atoms with Crippen LogP contribution in [0.5, 0.6) is 5.75 Å². The molecule has 0 bridgehead atoms. The van der Waals surface area contributed by atoms with E-state index in [0.29, 0.717) is 35.8 Å². The lowest BCUT2D eigenvalue weighted by atomic mass is 9.96. The van der Waals surface area contributed by atoms with E-state index in [4.69, 9.17) is 11.6 Å². The number of amides is 2. The van der Waals surface area contributed by atoms with Crippen LogP contribution in [-0.2, 0) is 4.79 Å². The number of carbonyl (C=O) groups excluding carboxylic acids is 2. The molecular weight excluding hydrogens is 390 g/mol. The quantitative estimate of drug-likeness (QED) is 0.796. The fourth-order valence-electron chi connectivity index (χ4n) is 3.11. The van der Waals surface area contributed by atoms with Crippen LogP contribution in [0.3, 0.4) is 0 Å². The predicted octanol–water partition coefficient (Wildman–Crippen LogP) is 4.43. The van der Waals surface area contributed by atoms with Crippen molar-refractivity contribution >= 4 is 29.1 Å². The van der Waals surface area contributed by atoms with Crippen LogP contribution in [-0.4, -0.2) is 36.4 Å². The van der Waals surface area contributed by atoms with E-state index >= 15 is 0 Å². The molecule has 1 heterocycles. The van der Waals surface area contributed by atoms with Crippen molar-refractivity contribution in [3.63, 3.8) is 0 Å². The molecular formula is C20H19ClF2N2O3. The average molecular weight is 409 g/mol. The smallest absolute Gasteiger partial charge is 0.387 e. The molecule has 0 radical (unpaired) electrons. The number of hydrogen-bond donors (Lipinski definition) is 1. The number of carbonyl (C=O) groups is 2. The number of piperidine rings is 1. The van der Waals surface area contributed by atoms with E-state index in [1.54, 1.807) is 29.2 Å². The molecule has 1 aliphatic heterocycles. The van der Waals surface area contributed by atoms with Crippen LogP contribution < -0.4 is 10.1 Å². The molecule has 1 saturated heterocycles. The van der Waals surface area contributed by atoms with Gasteiger partial charge in [-0.15, -0.1) is 0 Å². The standard InChI is InChI=1S/C20H19ClF2N2O3/c21-15-5-3-13(4-6-15)19(27)25-11-1-2-14(12-25)18(26)24-16-7-9-17(10-8-16)28-20(22)23/h3-10,14,20H,1-2,11-12H2,(H,24,26). The molecule has 28 heavy (non-hydrogen) atoms. The molecule has 1 aliphatic rings. The lowest BCUT2D eigenvalue weighted by Gasteiger charge is -2.32. The Kier molecular flexibility index (Phi) is 6.46. The fourth-order valence-corrected chi connectivity index (χ4v) is 3.24. The summed E-state index contributed by atoms with van der Waals surface area (Å²) in [5.41, 5.74) is 1.01. The summed E-state index contributed by atoms with van der Waals surface area (Å²) in [6, 6.07) is 12.4. The van der Waals surface area contributed by atoms with Gasteiger partial charge in [0.05, 0.1) is 5.92 Å². The second-order valence-corrected chi connectivity index (χ2v) is 6.93. The molecule has 0 aromatic heterocycles. The summed E-state index contributed by atoms with van der Waals surface area (Å²) in [6.45, 7) is -1.99. The van der Waals surface area contributed by atoms with Gasteiger partial charge in [-0.25, -0.2) is 0 Å². The first-order valence-electron chi connectivity index (χ1n) is 8.83. The highest BCUT2D eigenvalue weighted by Gasteiger charge is 2.29. The summed E-state index contributed by atoms with van der Waals surface area (Å²) in [5.74, 6) is -0.675. The second-order valence-electron chi connectivity index (χ2n) is 6.49. The van der Waals surface area contributed by atoms with Crippen LogP contribution in [0.15, 0.2) is 48.5 Å². The summed E-state index contributed by atoms with van der Waals surface area (Å²) in [4.78, 5) is 26.9. The Labute approximate surface area is 166 Å². The molecule has 0 saturated carbocycles. The van der Waals surface area contributed by atoms with Crippen molar-refractivity contribution in [2.45, 2.75) is 19.5 Å². The topological polar surface area (TPSA) is 58.6 Å². The average Bonchev–Trinajstić information content (AvgIpc) is 2.69. The zero-order chi connectivity index (χ0) is 20.1. The minimum absolute atomic E-state index is 0.0189. The summed E-state index contributed by atoms with van der Waals surface area (Å²) < 4.78 is 28.7. The summed E-state index contributed by atoms with van der Waals surface area (Å²) in [5, 5.41) is 3.31. The summed E-state index contributed by atoms with van der Waals surface area (Å²) >= 11 is 5.86. The Morgan fingerprint density at radius 2 is 1.79 bits per heavy atom. The molecule has 8 heteroatoms. The van der Waals surface area contributed by atoms with Gasteiger partial charge < -0.3 is 15.0 Å². The first-order chi connectivity index (χ1) is 13.4. The molecule has 2 aromatic rings. The molecule has 3 rings (SSSR count). The Balaban J connectivity index is 1.59. The molecule has 1 N–H and O–H groups in total. The number of likely N-dealkylation sites (tertiary alicyclic amines) is 1. The van der Waals surface area contributed by atoms with Crippen LogP contribution >= 0.6 is 11.6 Å². The van der Waals surface area contributed by atoms with E-state index < -0.39 is 6.61 Å². The predicted molar refractivity (Wildman–Crippen MR) is 102 cm³/mol. The van der Waals surface area contributed by atoms with Gasteiger partial charge in [-0.2, -0.15) is 8.78 Å². The number of nitrogens with zero attached hydrogens (tertiary/aromatic N) is 1. The molecule has 2 amide bonds. The number of ether oxygens (including phenoxy) is 1. The maximum absolute atomic E-state index is 12.6. The zero-order valence-electron chi connectivity index (χ0n) is 14.9. The van der Waals surface area contributed by atoms with E-state index in [2.05, 4.69) is 10.1 Å². The third kappa shape index (κ3) is 5.19. The number of alkyl halides is 2. The Hall–Kier alpha value is -2.67. The number of halogens is 3. The number of anilines is 1. The maximum Gasteiger partial charge on any atom is 0.387 e. The first-order valence-corrected chi connectivity index (χ1v) is 9.21. The van der Waals surface area contributed by atoms with E-state index in [1.165, 1.54) is 24.3 Å². The minimum atomic E-state index is -2.90. The molecule has 1 unspecified atom stereocenters. The van der Waals surface area contributed by atoms with Gasteiger partial charge in [-0.05, 0) is 61.4 Å². The van der Waals surface area contributed by atoms with Gasteiger partial charge >= 0.3 is 6.61 Å². The molecule has 1 fully saturated rings. The lowest BCUT2D eigenvalue weighted by molar-refractivity contribution is -0.121. The maximum atomic E-state index is 12.6. The van der Waals surface area contributed by atoms with Crippen LogP contribution in [0.1, 0.15) is 23.2 Å². The van der Waals surface area contributed by atoms with Crippen LogP contribution in [0.25, 0.3) is 0 Å². The molecule has 5 nitrogen and oxygen atoms in total. The van der Waals surface area contributed by atoms with Gasteiger partial charge in [0.2, 0.25) is 5.91 Å². The van der Waals surface area contributed by atoms with Crippen molar-refractivity contribution in [3.05, 3.63) is 59.1 Å². The second kappa shape index (κ2) is 9.01. The van der Waals surface area contributed by atoms with Crippen LogP contribution in [0, 0.1) is 5.92 Å². The first kappa shape index (κ1) is 20.1. The van der Waals surface area contributed by atoms with Crippen LogP contribution in [0.2, 0.25) is 5.02 Å². The van der Waals surface area contributed by atoms with Crippen molar-refractivity contribution in [1.29, 1.82) is 0 Å². The monoisotopic (exact) mass is 408 g/mol. The highest BCUT2D eigenvalue weighted by Crippen LogP contribution is 2.22. The van der Waals surface area contributed by atoms with E-state index in [0.717, 1.165) is 6.42 Å². The third-order valence-electron chi connectivity index (χ3n) is 4.52. The molecule has 1 atom stereocenters. The van der Waals surface area contributed by atoms with Crippen molar-refractivity contribution < 1.29 is 23.1 Å². The van der Waals surface area contributed by atoms with Crippen LogP contribution in [0.4, 0.5) is 14.5 Å². The van der Waals surface area contributed by atoms with Crippen molar-refractivity contribution in [2.24, 2.45) is 5.92 Å². The number of hydrogen-bond acceptors (Lipinski definition) is 3. The normalized spacial score (nSPS) is 16.7. The van der Waals surface area contributed by atoms with E-state index in [9.17, 15) is 18.4 Å². The van der Waals surface area contributed by atoms with E-state index in [1.807, 2.05) is 0 Å². The van der Waals surface area contributed by atoms with Gasteiger partial charge in [-0.3, -0.25) is 9.59 Å². The van der Waals surface area contributed by atoms with Crippen molar-refractivity contribution in [1.82, 2.24) is 4.90 Å². The Morgan fingerprint density at radius 1 is 1.11 bits per heavy atom. The zero-order valence-corrected chi connectivity index (χ0v) is 15.7. The largest absolute Gasteiger partial charge is 0.435 e. The summed E-state index contributed by atoms with van der Waals surface area (Å²) in [6.07, 6.45) is 1.39. The van der Waals surface area contributed by atoms with Gasteiger partial charge in [0.15, 0.2) is 0 Å². The van der Waals surface area contributed by atoms with Crippen molar-refractivity contribution in [2.75, 3.05) is 18.4 Å². The number of nitrogens with one attached hydrogen (secondary N) is 1. The molecule has 148 valence electrons. The van der Waals surface area contributed by atoms with Gasteiger partial charge in [0, 0.05) is 29.4 Å². The highest BCUT2D eigenvalue weighted by molar-refractivity contribution is 6.30. The molecule has 0 spiro atoms. The molecule has 0 aliphatic carbocycles. The lowest BCUT2D eigenvalue weighted by Crippen LogP contribution is -2.43. The Morgan fingerprint density at radius 3 is 2.43 bits per heavy atom. The van der Waals surface area contributed by atoms with E-state index in [-0.39, 0.29) is 23.5 Å². The third-order valence-corrected chi connectivity index (χ3v) is 4.77. The molecule has 2 aromatic carbocycles. The SMILES string of the molecule is O=C(Nc1ccc(OC(F)F)cc1)C1CCCN(C(=O)c2ccc(Cl)cc2)C1. The Bertz CT molecular complexity index is 828. The van der Waals surface area contributed by atoms with Gasteiger partial charge in [-0.1, -0.05) is 11.6 Å². The van der Waals surface area contributed by atoms with Gasteiger partial charge in [0.1, 0.15) is 5.75 Å².